The van der Waals surface area contributed by atoms with Crippen molar-refractivity contribution in [2.24, 2.45) is 11.1 Å². The van der Waals surface area contributed by atoms with E-state index >= 15 is 0 Å². The first kappa shape index (κ1) is 18.0. The zero-order chi connectivity index (χ0) is 18.6. The minimum Gasteiger partial charge on any atom is -0.497 e. The van der Waals surface area contributed by atoms with Gasteiger partial charge in [-0.25, -0.2) is 0 Å². The molecule has 0 aliphatic heterocycles. The van der Waals surface area contributed by atoms with Crippen molar-refractivity contribution in [1.29, 1.82) is 0 Å². The van der Waals surface area contributed by atoms with Crippen LogP contribution >= 0.6 is 0 Å². The number of benzene rings is 2. The molecule has 26 heavy (non-hydrogen) atoms. The molecule has 1 saturated carbocycles. The van der Waals surface area contributed by atoms with E-state index in [1.54, 1.807) is 12.0 Å². The highest BCUT2D eigenvalue weighted by molar-refractivity contribution is 6.07. The van der Waals surface area contributed by atoms with Crippen molar-refractivity contribution in [3.05, 3.63) is 65.7 Å². The summed E-state index contributed by atoms with van der Waals surface area (Å²) in [5.41, 5.74) is 6.66. The highest BCUT2D eigenvalue weighted by Crippen LogP contribution is 2.47. The maximum atomic E-state index is 13.0. The van der Waals surface area contributed by atoms with E-state index in [9.17, 15) is 9.59 Å². The average Bonchev–Trinajstić information content (AvgIpc) is 3.48. The summed E-state index contributed by atoms with van der Waals surface area (Å²) in [6.07, 6.45) is 1.83. The minimum atomic E-state index is -0.997. The Morgan fingerprint density at radius 1 is 1.04 bits per heavy atom. The molecule has 0 saturated heterocycles. The normalized spacial score (nSPS) is 14.5. The Morgan fingerprint density at radius 3 is 2.23 bits per heavy atom. The molecule has 0 unspecified atom stereocenters. The molecule has 2 amide bonds. The molecular weight excluding hydrogens is 328 g/mol. The van der Waals surface area contributed by atoms with Crippen LogP contribution in [0.2, 0.25) is 0 Å². The van der Waals surface area contributed by atoms with Gasteiger partial charge < -0.3 is 15.4 Å². The summed E-state index contributed by atoms with van der Waals surface area (Å²) in [5, 5.41) is 0. The Balaban J connectivity index is 1.76. The highest BCUT2D eigenvalue weighted by atomic mass is 16.5. The third kappa shape index (κ3) is 3.87. The van der Waals surface area contributed by atoms with E-state index in [4.69, 9.17) is 10.5 Å². The number of hydrogen-bond donors (Lipinski definition) is 1. The van der Waals surface area contributed by atoms with Crippen LogP contribution in [0.1, 0.15) is 24.0 Å². The van der Waals surface area contributed by atoms with E-state index in [1.807, 2.05) is 54.6 Å². The van der Waals surface area contributed by atoms with E-state index in [1.165, 1.54) is 0 Å². The Bertz CT molecular complexity index is 768. The van der Waals surface area contributed by atoms with Gasteiger partial charge in [-0.15, -0.1) is 0 Å². The number of nitrogens with zero attached hydrogens (tertiary/aromatic N) is 1. The van der Waals surface area contributed by atoms with Gasteiger partial charge in [0.1, 0.15) is 11.2 Å². The van der Waals surface area contributed by atoms with Gasteiger partial charge in [-0.3, -0.25) is 9.59 Å². The molecule has 1 fully saturated rings. The SMILES string of the molecule is COc1ccc(CN(CCc2ccccc2)C(=O)C2(C(N)=O)CC2)cc1. The van der Waals surface area contributed by atoms with Crippen LogP contribution in [-0.4, -0.2) is 30.4 Å². The second-order valence-electron chi connectivity index (χ2n) is 6.76. The van der Waals surface area contributed by atoms with Crippen LogP contribution in [-0.2, 0) is 22.6 Å². The molecule has 1 aliphatic rings. The average molecular weight is 352 g/mol. The van der Waals surface area contributed by atoms with Gasteiger partial charge >= 0.3 is 0 Å². The predicted molar refractivity (Wildman–Crippen MR) is 99.4 cm³/mol. The molecule has 0 aromatic heterocycles. The number of rotatable bonds is 8. The number of hydrogen-bond acceptors (Lipinski definition) is 3. The van der Waals surface area contributed by atoms with Gasteiger partial charge in [0.2, 0.25) is 11.8 Å². The minimum absolute atomic E-state index is 0.156. The summed E-state index contributed by atoms with van der Waals surface area (Å²) in [6.45, 7) is 0.995. The summed E-state index contributed by atoms with van der Waals surface area (Å²) in [5.74, 6) is 0.102. The topological polar surface area (TPSA) is 72.6 Å². The zero-order valence-electron chi connectivity index (χ0n) is 15.0. The summed E-state index contributed by atoms with van der Waals surface area (Å²) >= 11 is 0. The fourth-order valence-corrected chi connectivity index (χ4v) is 3.11. The largest absolute Gasteiger partial charge is 0.497 e. The molecule has 2 aromatic rings. The van der Waals surface area contributed by atoms with Crippen LogP contribution in [0, 0.1) is 5.41 Å². The zero-order valence-corrected chi connectivity index (χ0v) is 15.0. The number of nitrogens with two attached hydrogens (primary N) is 1. The molecule has 0 heterocycles. The van der Waals surface area contributed by atoms with Crippen LogP contribution in [0.25, 0.3) is 0 Å². The van der Waals surface area contributed by atoms with Crippen molar-refractivity contribution >= 4 is 11.8 Å². The quantitative estimate of drug-likeness (QED) is 0.742. The summed E-state index contributed by atoms with van der Waals surface area (Å²) in [4.78, 5) is 26.6. The first-order valence-electron chi connectivity index (χ1n) is 8.81. The van der Waals surface area contributed by atoms with E-state index < -0.39 is 11.3 Å². The predicted octanol–water partition coefficient (Wildman–Crippen LogP) is 2.53. The number of ether oxygens (including phenoxy) is 1. The lowest BCUT2D eigenvalue weighted by Crippen LogP contribution is -2.44. The lowest BCUT2D eigenvalue weighted by Gasteiger charge is -2.26. The van der Waals surface area contributed by atoms with Gasteiger partial charge in [0, 0.05) is 13.1 Å². The number of carbonyl (C=O) groups excluding carboxylic acids is 2. The molecule has 136 valence electrons. The van der Waals surface area contributed by atoms with Crippen molar-refractivity contribution in [3.63, 3.8) is 0 Å². The second-order valence-corrected chi connectivity index (χ2v) is 6.76. The Labute approximate surface area is 153 Å². The maximum absolute atomic E-state index is 13.0. The summed E-state index contributed by atoms with van der Waals surface area (Å²) in [6, 6.07) is 17.6. The van der Waals surface area contributed by atoms with Gasteiger partial charge in [-0.1, -0.05) is 42.5 Å². The Morgan fingerprint density at radius 2 is 1.69 bits per heavy atom. The summed E-state index contributed by atoms with van der Waals surface area (Å²) < 4.78 is 5.18. The molecule has 3 rings (SSSR count). The van der Waals surface area contributed by atoms with Crippen molar-refractivity contribution in [1.82, 2.24) is 4.90 Å². The number of primary amides is 1. The molecule has 2 N–H and O–H groups in total. The van der Waals surface area contributed by atoms with E-state index in [2.05, 4.69) is 0 Å². The van der Waals surface area contributed by atoms with Crippen molar-refractivity contribution in [2.45, 2.75) is 25.8 Å². The fraction of sp³-hybridized carbons (Fsp3) is 0.333. The fourth-order valence-electron chi connectivity index (χ4n) is 3.11. The van der Waals surface area contributed by atoms with Gasteiger partial charge in [-0.2, -0.15) is 0 Å². The molecule has 0 atom stereocenters. The monoisotopic (exact) mass is 352 g/mol. The summed E-state index contributed by atoms with van der Waals surface area (Å²) in [7, 11) is 1.62. The molecular formula is C21H24N2O3. The van der Waals surface area contributed by atoms with Crippen LogP contribution in [0.5, 0.6) is 5.75 Å². The number of amides is 2. The van der Waals surface area contributed by atoms with Crippen LogP contribution in [0.3, 0.4) is 0 Å². The van der Waals surface area contributed by atoms with Gasteiger partial charge in [0.05, 0.1) is 7.11 Å². The first-order valence-corrected chi connectivity index (χ1v) is 8.81. The molecule has 0 spiro atoms. The van der Waals surface area contributed by atoms with Crippen molar-refractivity contribution < 1.29 is 14.3 Å². The van der Waals surface area contributed by atoms with Crippen LogP contribution < -0.4 is 10.5 Å². The molecule has 5 nitrogen and oxygen atoms in total. The second kappa shape index (κ2) is 7.60. The maximum Gasteiger partial charge on any atom is 0.238 e. The van der Waals surface area contributed by atoms with Crippen molar-refractivity contribution in [3.8, 4) is 5.75 Å². The molecule has 0 bridgehead atoms. The van der Waals surface area contributed by atoms with Gasteiger partial charge in [-0.05, 0) is 42.5 Å². The third-order valence-electron chi connectivity index (χ3n) is 4.96. The van der Waals surface area contributed by atoms with Gasteiger partial charge in [0.15, 0.2) is 0 Å². The Kier molecular flexibility index (Phi) is 5.26. The van der Waals surface area contributed by atoms with Gasteiger partial charge in [0.25, 0.3) is 0 Å². The van der Waals surface area contributed by atoms with E-state index in [-0.39, 0.29) is 5.91 Å². The first-order chi connectivity index (χ1) is 12.5. The van der Waals surface area contributed by atoms with E-state index in [0.717, 1.165) is 23.3 Å². The Hall–Kier alpha value is -2.82. The van der Waals surface area contributed by atoms with Crippen LogP contribution in [0.4, 0.5) is 0 Å². The molecule has 2 aromatic carbocycles. The lowest BCUT2D eigenvalue weighted by molar-refractivity contribution is -0.143. The molecule has 5 heteroatoms. The van der Waals surface area contributed by atoms with Crippen LogP contribution in [0.15, 0.2) is 54.6 Å². The number of methoxy groups -OCH3 is 1. The molecule has 0 radical (unpaired) electrons. The third-order valence-corrected chi connectivity index (χ3v) is 4.96. The van der Waals surface area contributed by atoms with Crippen molar-refractivity contribution in [2.75, 3.05) is 13.7 Å². The van der Waals surface area contributed by atoms with E-state index in [0.29, 0.717) is 25.9 Å². The highest BCUT2D eigenvalue weighted by Gasteiger charge is 2.56. The number of carbonyl (C=O) groups is 2. The lowest BCUT2D eigenvalue weighted by atomic mass is 10.0. The smallest absolute Gasteiger partial charge is 0.238 e. The standard InChI is InChI=1S/C21H24N2O3/c1-26-18-9-7-17(8-10-18)15-23(14-11-16-5-3-2-4-6-16)20(25)21(12-13-21)19(22)24/h2-10H,11-15H2,1H3,(H2,22,24). The molecule has 1 aliphatic carbocycles.